The Balaban J connectivity index is 2.17. The molecule has 94 valence electrons. The maximum atomic E-state index is 3.29. The first-order chi connectivity index (χ1) is 8.59. The molecule has 0 aliphatic carbocycles. The maximum absolute atomic E-state index is 3.29. The first-order valence-electron chi connectivity index (χ1n) is 6.24. The number of nitrogens with one attached hydrogen (secondary N) is 2. The molecule has 2 rings (SSSR count). The summed E-state index contributed by atoms with van der Waals surface area (Å²) < 4.78 is 0. The summed E-state index contributed by atoms with van der Waals surface area (Å²) in [4.78, 5) is 0. The summed E-state index contributed by atoms with van der Waals surface area (Å²) in [6.45, 7) is 8.50. The van der Waals surface area contributed by atoms with Crippen LogP contribution in [0.5, 0.6) is 0 Å². The summed E-state index contributed by atoms with van der Waals surface area (Å²) in [5, 5.41) is 0. The minimum Gasteiger partial charge on any atom is -0.301 e. The van der Waals surface area contributed by atoms with Crippen LogP contribution in [0.3, 0.4) is 0 Å². The van der Waals surface area contributed by atoms with Crippen LogP contribution in [0.15, 0.2) is 36.4 Å². The zero-order valence-electron chi connectivity index (χ0n) is 11.5. The lowest BCUT2D eigenvalue weighted by molar-refractivity contribution is 1.27. The Morgan fingerprint density at radius 3 is 1.39 bits per heavy atom. The van der Waals surface area contributed by atoms with E-state index < -0.39 is 0 Å². The zero-order valence-corrected chi connectivity index (χ0v) is 11.5. The van der Waals surface area contributed by atoms with Gasteiger partial charge in [0.15, 0.2) is 0 Å². The molecule has 0 bridgehead atoms. The van der Waals surface area contributed by atoms with E-state index in [1.807, 2.05) is 0 Å². The van der Waals surface area contributed by atoms with Gasteiger partial charge in [-0.2, -0.15) is 0 Å². The molecule has 2 aromatic carbocycles. The summed E-state index contributed by atoms with van der Waals surface area (Å²) in [6.07, 6.45) is 0. The average Bonchev–Trinajstić information content (AvgIpc) is 2.36. The molecule has 0 saturated carbocycles. The van der Waals surface area contributed by atoms with Crippen molar-refractivity contribution in [3.8, 4) is 0 Å². The lowest BCUT2D eigenvalue weighted by atomic mass is 10.1. The molecule has 0 aliphatic heterocycles. The van der Waals surface area contributed by atoms with E-state index in [9.17, 15) is 0 Å². The highest BCUT2D eigenvalue weighted by Gasteiger charge is 2.02. The fourth-order valence-electron chi connectivity index (χ4n) is 1.91. The fourth-order valence-corrected chi connectivity index (χ4v) is 1.91. The minimum atomic E-state index is 1.12. The first-order valence-corrected chi connectivity index (χ1v) is 6.24. The van der Waals surface area contributed by atoms with E-state index in [0.717, 1.165) is 11.4 Å². The van der Waals surface area contributed by atoms with Crippen molar-refractivity contribution in [3.05, 3.63) is 58.7 Å². The Morgan fingerprint density at radius 1 is 0.611 bits per heavy atom. The van der Waals surface area contributed by atoms with Crippen molar-refractivity contribution < 1.29 is 0 Å². The molecule has 0 atom stereocenters. The van der Waals surface area contributed by atoms with Crippen molar-refractivity contribution in [1.29, 1.82) is 0 Å². The summed E-state index contributed by atoms with van der Waals surface area (Å²) in [5.74, 6) is 0. The van der Waals surface area contributed by atoms with Gasteiger partial charge in [0.2, 0.25) is 0 Å². The monoisotopic (exact) mass is 240 g/mol. The molecule has 2 aromatic rings. The van der Waals surface area contributed by atoms with E-state index >= 15 is 0 Å². The highest BCUT2D eigenvalue weighted by atomic mass is 15.4. The van der Waals surface area contributed by atoms with Crippen molar-refractivity contribution >= 4 is 11.4 Å². The molecule has 0 spiro atoms. The molecule has 0 fully saturated rings. The van der Waals surface area contributed by atoms with Crippen LogP contribution in [0, 0.1) is 27.7 Å². The highest BCUT2D eigenvalue weighted by Crippen LogP contribution is 2.21. The number of aryl methyl sites for hydroxylation is 2. The molecule has 2 N–H and O–H groups in total. The van der Waals surface area contributed by atoms with Crippen molar-refractivity contribution in [3.63, 3.8) is 0 Å². The topological polar surface area (TPSA) is 24.1 Å². The predicted octanol–water partition coefficient (Wildman–Crippen LogP) is 4.36. The quantitative estimate of drug-likeness (QED) is 0.779. The Hall–Kier alpha value is -1.96. The SMILES string of the molecule is Cc1cccc(NNc2cccc(C)c2C)c1C. The third-order valence-corrected chi connectivity index (χ3v) is 3.54. The van der Waals surface area contributed by atoms with E-state index in [-0.39, 0.29) is 0 Å². The van der Waals surface area contributed by atoms with Gasteiger partial charge in [0.1, 0.15) is 0 Å². The third-order valence-electron chi connectivity index (χ3n) is 3.54. The lowest BCUT2D eigenvalue weighted by Gasteiger charge is -2.15. The molecule has 18 heavy (non-hydrogen) atoms. The maximum Gasteiger partial charge on any atom is 0.0571 e. The molecular weight excluding hydrogens is 220 g/mol. The summed E-state index contributed by atoms with van der Waals surface area (Å²) >= 11 is 0. The first kappa shape index (κ1) is 12.5. The van der Waals surface area contributed by atoms with Crippen LogP contribution in [0.2, 0.25) is 0 Å². The van der Waals surface area contributed by atoms with E-state index in [1.54, 1.807) is 0 Å². The standard InChI is InChI=1S/C16H20N2/c1-11-7-5-9-15(13(11)3)17-18-16-10-6-8-12(2)14(16)4/h5-10,17-18H,1-4H3. The van der Waals surface area contributed by atoms with Gasteiger partial charge in [0.05, 0.1) is 11.4 Å². The van der Waals surface area contributed by atoms with Gasteiger partial charge in [-0.25, -0.2) is 0 Å². The molecule has 2 nitrogen and oxygen atoms in total. The second-order valence-corrected chi connectivity index (χ2v) is 4.74. The predicted molar refractivity (Wildman–Crippen MR) is 79.1 cm³/mol. The van der Waals surface area contributed by atoms with Gasteiger partial charge >= 0.3 is 0 Å². The number of rotatable bonds is 3. The lowest BCUT2D eigenvalue weighted by Crippen LogP contribution is -2.11. The zero-order chi connectivity index (χ0) is 13.1. The van der Waals surface area contributed by atoms with Crippen molar-refractivity contribution in [2.24, 2.45) is 0 Å². The van der Waals surface area contributed by atoms with E-state index in [4.69, 9.17) is 0 Å². The normalized spacial score (nSPS) is 10.2. The van der Waals surface area contributed by atoms with E-state index in [0.29, 0.717) is 0 Å². The summed E-state index contributed by atoms with van der Waals surface area (Å²) in [7, 11) is 0. The number of anilines is 2. The molecule has 0 radical (unpaired) electrons. The third kappa shape index (κ3) is 2.48. The van der Waals surface area contributed by atoms with Gasteiger partial charge in [-0.3, -0.25) is 0 Å². The van der Waals surface area contributed by atoms with Crippen LogP contribution in [0.1, 0.15) is 22.3 Å². The van der Waals surface area contributed by atoms with E-state index in [1.165, 1.54) is 22.3 Å². The van der Waals surface area contributed by atoms with Crippen LogP contribution >= 0.6 is 0 Å². The number of hydrazine groups is 1. The molecular formula is C16H20N2. The smallest absolute Gasteiger partial charge is 0.0571 e. The van der Waals surface area contributed by atoms with Gasteiger partial charge in [-0.1, -0.05) is 24.3 Å². The largest absolute Gasteiger partial charge is 0.301 e. The van der Waals surface area contributed by atoms with Crippen molar-refractivity contribution in [2.75, 3.05) is 10.9 Å². The minimum absolute atomic E-state index is 1.12. The van der Waals surface area contributed by atoms with Crippen LogP contribution in [0.4, 0.5) is 11.4 Å². The molecule has 0 unspecified atom stereocenters. The molecule has 0 aliphatic rings. The van der Waals surface area contributed by atoms with Gasteiger partial charge in [-0.05, 0) is 62.1 Å². The highest BCUT2D eigenvalue weighted by molar-refractivity contribution is 5.61. The summed E-state index contributed by atoms with van der Waals surface area (Å²) in [6, 6.07) is 12.5. The average molecular weight is 240 g/mol. The number of hydrogen-bond donors (Lipinski definition) is 2. The molecule has 2 heteroatoms. The van der Waals surface area contributed by atoms with Crippen LogP contribution in [-0.2, 0) is 0 Å². The van der Waals surface area contributed by atoms with Gasteiger partial charge in [0, 0.05) is 0 Å². The van der Waals surface area contributed by atoms with Crippen LogP contribution < -0.4 is 10.9 Å². The van der Waals surface area contributed by atoms with Gasteiger partial charge in [0.25, 0.3) is 0 Å². The van der Waals surface area contributed by atoms with Crippen LogP contribution in [0.25, 0.3) is 0 Å². The fraction of sp³-hybridized carbons (Fsp3) is 0.250. The van der Waals surface area contributed by atoms with Crippen molar-refractivity contribution in [2.45, 2.75) is 27.7 Å². The number of benzene rings is 2. The molecule has 0 amide bonds. The Kier molecular flexibility index (Phi) is 3.56. The Morgan fingerprint density at radius 2 is 1.00 bits per heavy atom. The van der Waals surface area contributed by atoms with Gasteiger partial charge in [-0.15, -0.1) is 0 Å². The molecule has 0 heterocycles. The molecule has 0 saturated heterocycles. The Bertz CT molecular complexity index is 508. The second kappa shape index (κ2) is 5.13. The van der Waals surface area contributed by atoms with Gasteiger partial charge < -0.3 is 10.9 Å². The number of hydrogen-bond acceptors (Lipinski definition) is 2. The Labute approximate surface area is 109 Å². The summed E-state index contributed by atoms with van der Waals surface area (Å²) in [5.41, 5.74) is 14.0. The van der Waals surface area contributed by atoms with E-state index in [2.05, 4.69) is 74.9 Å². The second-order valence-electron chi connectivity index (χ2n) is 4.74. The van der Waals surface area contributed by atoms with Crippen LogP contribution in [-0.4, -0.2) is 0 Å². The van der Waals surface area contributed by atoms with Crippen molar-refractivity contribution in [1.82, 2.24) is 0 Å². The molecule has 0 aromatic heterocycles.